The first-order valence-electron chi connectivity index (χ1n) is 6.55. The van der Waals surface area contributed by atoms with Crippen LogP contribution in [-0.4, -0.2) is 16.9 Å². The van der Waals surface area contributed by atoms with Gasteiger partial charge in [0.15, 0.2) is 0 Å². The number of rotatable bonds is 6. The Balaban J connectivity index is 1.98. The lowest BCUT2D eigenvalue weighted by atomic mass is 10.1. The average molecular weight is 285 g/mol. The Bertz CT molecular complexity index is 598. The molecule has 5 nitrogen and oxygen atoms in total. The zero-order valence-electron chi connectivity index (χ0n) is 11.3. The lowest BCUT2D eigenvalue weighted by Gasteiger charge is -2.10. The average Bonchev–Trinajstić information content (AvgIpc) is 2.52. The van der Waals surface area contributed by atoms with E-state index in [0.717, 1.165) is 11.1 Å². The van der Waals surface area contributed by atoms with Crippen LogP contribution in [0, 0.1) is 10.1 Å². The molecular weight excluding hydrogens is 270 g/mol. The number of hydrogen-bond acceptors (Lipinski definition) is 4. The highest BCUT2D eigenvalue weighted by molar-refractivity contribution is 5.74. The van der Waals surface area contributed by atoms with Gasteiger partial charge < -0.3 is 4.74 Å². The van der Waals surface area contributed by atoms with E-state index in [9.17, 15) is 14.9 Å². The molecule has 0 saturated heterocycles. The fraction of sp³-hybridized carbons (Fsp3) is 0.188. The molecule has 108 valence electrons. The minimum atomic E-state index is -1.38. The molecule has 5 heteroatoms. The molecule has 0 amide bonds. The van der Waals surface area contributed by atoms with E-state index in [-0.39, 0.29) is 13.0 Å². The van der Waals surface area contributed by atoms with E-state index in [2.05, 4.69) is 0 Å². The molecule has 0 spiro atoms. The highest BCUT2D eigenvalue weighted by Crippen LogP contribution is 2.09. The van der Waals surface area contributed by atoms with Crippen LogP contribution in [0.4, 0.5) is 0 Å². The van der Waals surface area contributed by atoms with Crippen molar-refractivity contribution in [3.63, 3.8) is 0 Å². The van der Waals surface area contributed by atoms with Gasteiger partial charge in [-0.3, -0.25) is 10.1 Å². The maximum atomic E-state index is 11.9. The summed E-state index contributed by atoms with van der Waals surface area (Å²) in [4.78, 5) is 22.4. The van der Waals surface area contributed by atoms with Gasteiger partial charge in [-0.25, -0.2) is 4.79 Å². The van der Waals surface area contributed by atoms with Crippen LogP contribution in [0.3, 0.4) is 0 Å². The van der Waals surface area contributed by atoms with E-state index in [1.807, 2.05) is 24.3 Å². The SMILES string of the molecule is O=C(OCc1ccccc1)C(Cc1ccccc1)[N+](=O)[O-]. The molecule has 0 fully saturated rings. The molecule has 0 N–H and O–H groups in total. The topological polar surface area (TPSA) is 69.4 Å². The van der Waals surface area contributed by atoms with Crippen LogP contribution < -0.4 is 0 Å². The van der Waals surface area contributed by atoms with Crippen molar-refractivity contribution < 1.29 is 14.5 Å². The predicted molar refractivity (Wildman–Crippen MR) is 77.2 cm³/mol. The van der Waals surface area contributed by atoms with Gasteiger partial charge in [-0.1, -0.05) is 60.7 Å². The van der Waals surface area contributed by atoms with Crippen molar-refractivity contribution in [1.29, 1.82) is 0 Å². The second kappa shape index (κ2) is 7.19. The molecule has 2 aromatic carbocycles. The number of carbonyl (C=O) groups is 1. The van der Waals surface area contributed by atoms with Gasteiger partial charge in [0.2, 0.25) is 0 Å². The standard InChI is InChI=1S/C16H15NO4/c18-16(21-12-14-9-5-2-6-10-14)15(17(19)20)11-13-7-3-1-4-8-13/h1-10,15H,11-12H2. The highest BCUT2D eigenvalue weighted by Gasteiger charge is 2.31. The van der Waals surface area contributed by atoms with Crippen molar-refractivity contribution in [1.82, 2.24) is 0 Å². The van der Waals surface area contributed by atoms with E-state index in [1.165, 1.54) is 0 Å². The Hall–Kier alpha value is -2.69. The molecule has 1 atom stereocenters. The molecule has 0 aliphatic carbocycles. The molecule has 0 aromatic heterocycles. The third-order valence-electron chi connectivity index (χ3n) is 3.02. The largest absolute Gasteiger partial charge is 0.456 e. The summed E-state index contributed by atoms with van der Waals surface area (Å²) in [5.74, 6) is -0.812. The molecule has 1 unspecified atom stereocenters. The summed E-state index contributed by atoms with van der Waals surface area (Å²) in [6.45, 7) is 0.0405. The lowest BCUT2D eigenvalue weighted by Crippen LogP contribution is -2.33. The van der Waals surface area contributed by atoms with E-state index in [1.54, 1.807) is 36.4 Å². The molecule has 0 aliphatic heterocycles. The summed E-state index contributed by atoms with van der Waals surface area (Å²) in [7, 11) is 0. The van der Waals surface area contributed by atoms with Crippen LogP contribution in [0.2, 0.25) is 0 Å². The summed E-state index contributed by atoms with van der Waals surface area (Å²) < 4.78 is 5.04. The van der Waals surface area contributed by atoms with Crippen LogP contribution in [0.15, 0.2) is 60.7 Å². The number of carbonyl (C=O) groups excluding carboxylic acids is 1. The van der Waals surface area contributed by atoms with Gasteiger partial charge in [0.05, 0.1) is 6.42 Å². The Kier molecular flexibility index (Phi) is 5.04. The van der Waals surface area contributed by atoms with Gasteiger partial charge in [0.25, 0.3) is 0 Å². The van der Waals surface area contributed by atoms with Gasteiger partial charge in [-0.15, -0.1) is 0 Å². The lowest BCUT2D eigenvalue weighted by molar-refractivity contribution is -0.510. The van der Waals surface area contributed by atoms with Crippen molar-refractivity contribution in [2.75, 3.05) is 0 Å². The second-order valence-electron chi connectivity index (χ2n) is 4.58. The first-order valence-corrected chi connectivity index (χ1v) is 6.55. The zero-order valence-corrected chi connectivity index (χ0v) is 11.3. The van der Waals surface area contributed by atoms with Gasteiger partial charge >= 0.3 is 12.0 Å². The molecule has 2 aromatic rings. The first kappa shape index (κ1) is 14.7. The minimum Gasteiger partial charge on any atom is -0.456 e. The zero-order chi connectivity index (χ0) is 15.1. The fourth-order valence-electron chi connectivity index (χ4n) is 1.91. The van der Waals surface area contributed by atoms with Gasteiger partial charge in [-0.2, -0.15) is 0 Å². The number of nitrogens with zero attached hydrogens (tertiary/aromatic N) is 1. The van der Waals surface area contributed by atoms with Gasteiger partial charge in [-0.05, 0) is 11.1 Å². The van der Waals surface area contributed by atoms with Crippen molar-refractivity contribution in [2.45, 2.75) is 19.1 Å². The van der Waals surface area contributed by atoms with Crippen LogP contribution in [0.25, 0.3) is 0 Å². The molecule has 0 radical (unpaired) electrons. The maximum Gasteiger partial charge on any atom is 0.382 e. The van der Waals surface area contributed by atoms with Crippen LogP contribution in [0.5, 0.6) is 0 Å². The second-order valence-corrected chi connectivity index (χ2v) is 4.58. The number of nitro groups is 1. The number of esters is 1. The summed E-state index contributed by atoms with van der Waals surface area (Å²) in [5.41, 5.74) is 1.53. The number of ether oxygens (including phenoxy) is 1. The molecule has 2 rings (SSSR count). The predicted octanol–water partition coefficient (Wildman–Crippen LogP) is 2.62. The number of hydrogen-bond donors (Lipinski definition) is 0. The maximum absolute atomic E-state index is 11.9. The summed E-state index contributed by atoms with van der Waals surface area (Å²) >= 11 is 0. The van der Waals surface area contributed by atoms with E-state index >= 15 is 0 Å². The van der Waals surface area contributed by atoms with E-state index in [0.29, 0.717) is 0 Å². The summed E-state index contributed by atoms with van der Waals surface area (Å²) in [6.07, 6.45) is 0.0292. The Morgan fingerprint density at radius 3 is 2.05 bits per heavy atom. The summed E-state index contributed by atoms with van der Waals surface area (Å²) in [5, 5.41) is 11.1. The van der Waals surface area contributed by atoms with Crippen molar-refractivity contribution in [2.24, 2.45) is 0 Å². The highest BCUT2D eigenvalue weighted by atomic mass is 16.6. The third kappa shape index (κ3) is 4.42. The van der Waals surface area contributed by atoms with Crippen molar-refractivity contribution in [3.8, 4) is 0 Å². The fourth-order valence-corrected chi connectivity index (χ4v) is 1.91. The van der Waals surface area contributed by atoms with Crippen molar-refractivity contribution in [3.05, 3.63) is 81.9 Å². The van der Waals surface area contributed by atoms with Crippen molar-refractivity contribution >= 4 is 5.97 Å². The Morgan fingerprint density at radius 1 is 1.00 bits per heavy atom. The van der Waals surface area contributed by atoms with Crippen LogP contribution >= 0.6 is 0 Å². The van der Waals surface area contributed by atoms with Crippen LogP contribution in [-0.2, 0) is 22.6 Å². The molecule has 21 heavy (non-hydrogen) atoms. The monoisotopic (exact) mass is 285 g/mol. The normalized spacial score (nSPS) is 11.6. The molecular formula is C16H15NO4. The van der Waals surface area contributed by atoms with Gasteiger partial charge in [0, 0.05) is 4.92 Å². The quantitative estimate of drug-likeness (QED) is 0.465. The van der Waals surface area contributed by atoms with Gasteiger partial charge in [0.1, 0.15) is 6.61 Å². The molecule has 0 aliphatic rings. The van der Waals surface area contributed by atoms with Crippen LogP contribution in [0.1, 0.15) is 11.1 Å². The first-order chi connectivity index (χ1) is 10.2. The number of benzene rings is 2. The van der Waals surface area contributed by atoms with E-state index in [4.69, 9.17) is 4.74 Å². The minimum absolute atomic E-state index is 0.0292. The Labute approximate surface area is 122 Å². The summed E-state index contributed by atoms with van der Waals surface area (Å²) in [6, 6.07) is 16.6. The third-order valence-corrected chi connectivity index (χ3v) is 3.02. The molecule has 0 bridgehead atoms. The Morgan fingerprint density at radius 2 is 1.52 bits per heavy atom. The molecule has 0 heterocycles. The molecule has 0 saturated carbocycles. The smallest absolute Gasteiger partial charge is 0.382 e. The van der Waals surface area contributed by atoms with E-state index < -0.39 is 16.9 Å².